The molecule has 0 radical (unpaired) electrons. The Morgan fingerprint density at radius 3 is 2.52 bits per heavy atom. The Hall–Kier alpha value is -2.06. The molecular formula is C24H30ClN2+. The Morgan fingerprint density at radius 1 is 1.11 bits per heavy atom. The van der Waals surface area contributed by atoms with Gasteiger partial charge < -0.3 is 4.90 Å². The molecule has 0 bridgehead atoms. The minimum atomic E-state index is 0.00142. The second-order valence-corrected chi connectivity index (χ2v) is 8.11. The molecule has 0 fully saturated rings. The normalized spacial score (nSPS) is 15.5. The van der Waals surface area contributed by atoms with Crippen molar-refractivity contribution in [1.29, 1.82) is 0 Å². The molecule has 0 N–H and O–H groups in total. The molecule has 0 spiro atoms. The van der Waals surface area contributed by atoms with Gasteiger partial charge in [-0.2, -0.15) is 4.58 Å². The van der Waals surface area contributed by atoms with Crippen molar-refractivity contribution in [2.24, 2.45) is 0 Å². The van der Waals surface area contributed by atoms with Crippen LogP contribution in [0.15, 0.2) is 48.5 Å². The Labute approximate surface area is 168 Å². The van der Waals surface area contributed by atoms with E-state index in [1.807, 2.05) is 0 Å². The molecule has 1 aliphatic heterocycles. The largest absolute Gasteiger partial charge is 0.371 e. The number of allylic oxidation sites excluding steroid dienone is 1. The second-order valence-electron chi connectivity index (χ2n) is 7.73. The summed E-state index contributed by atoms with van der Waals surface area (Å²) in [6.07, 6.45) is 4.54. The number of hydrogen-bond acceptors (Lipinski definition) is 1. The fraction of sp³-hybridized carbons (Fsp3) is 0.375. The number of benzene rings is 2. The first-order valence-electron chi connectivity index (χ1n) is 9.70. The molecule has 0 amide bonds. The Bertz CT molecular complexity index is 893. The Kier molecular flexibility index (Phi) is 5.76. The molecule has 1 aliphatic rings. The molecule has 0 saturated heterocycles. The number of anilines is 1. The Balaban J connectivity index is 1.96. The quantitative estimate of drug-likeness (QED) is 0.454. The third kappa shape index (κ3) is 3.68. The highest BCUT2D eigenvalue weighted by Crippen LogP contribution is 2.39. The fourth-order valence-electron chi connectivity index (χ4n) is 4.05. The molecule has 0 aliphatic carbocycles. The number of hydrogen-bond donors (Lipinski definition) is 0. The topological polar surface area (TPSA) is 6.25 Å². The van der Waals surface area contributed by atoms with Crippen LogP contribution in [0.3, 0.4) is 0 Å². The minimum Gasteiger partial charge on any atom is -0.371 e. The number of aryl methyl sites for hydroxylation is 1. The zero-order valence-corrected chi connectivity index (χ0v) is 17.8. The van der Waals surface area contributed by atoms with E-state index < -0.39 is 0 Å². The summed E-state index contributed by atoms with van der Waals surface area (Å²) in [6, 6.07) is 15.4. The van der Waals surface area contributed by atoms with Gasteiger partial charge in [0.1, 0.15) is 7.05 Å². The van der Waals surface area contributed by atoms with E-state index in [2.05, 4.69) is 98.8 Å². The monoisotopic (exact) mass is 381 g/mol. The standard InChI is InChI=1S/C24H30ClN2/c1-6-27(16-15-25)20-13-11-18(2)19(17-20)12-14-23-24(3,4)21-9-7-8-10-22(21)26(23)5/h7-14,17H,6,15-16H2,1-5H3/q+1/b14-12+. The highest BCUT2D eigenvalue weighted by atomic mass is 35.5. The van der Waals surface area contributed by atoms with Crippen molar-refractivity contribution in [3.8, 4) is 0 Å². The van der Waals surface area contributed by atoms with Crippen molar-refractivity contribution in [3.63, 3.8) is 0 Å². The van der Waals surface area contributed by atoms with Gasteiger partial charge >= 0.3 is 0 Å². The van der Waals surface area contributed by atoms with Crippen LogP contribution in [0, 0.1) is 6.92 Å². The van der Waals surface area contributed by atoms with E-state index in [9.17, 15) is 0 Å². The van der Waals surface area contributed by atoms with Crippen molar-refractivity contribution in [1.82, 2.24) is 0 Å². The van der Waals surface area contributed by atoms with E-state index in [0.717, 1.165) is 13.1 Å². The van der Waals surface area contributed by atoms with Gasteiger partial charge in [-0.3, -0.25) is 0 Å². The smallest absolute Gasteiger partial charge is 0.209 e. The predicted molar refractivity (Wildman–Crippen MR) is 119 cm³/mol. The van der Waals surface area contributed by atoms with Gasteiger partial charge in [-0.1, -0.05) is 24.3 Å². The number of fused-ring (bicyclic) bond motifs is 1. The molecule has 2 aromatic rings. The van der Waals surface area contributed by atoms with Crippen LogP contribution in [-0.4, -0.2) is 36.3 Å². The van der Waals surface area contributed by atoms with Crippen molar-refractivity contribution in [2.45, 2.75) is 33.1 Å². The maximum absolute atomic E-state index is 5.97. The number of alkyl halides is 1. The first-order chi connectivity index (χ1) is 12.9. The predicted octanol–water partition coefficient (Wildman–Crippen LogP) is 5.78. The molecule has 0 unspecified atom stereocenters. The highest BCUT2D eigenvalue weighted by Gasteiger charge is 2.42. The first-order valence-corrected chi connectivity index (χ1v) is 10.2. The van der Waals surface area contributed by atoms with Crippen molar-refractivity contribution in [2.75, 3.05) is 30.9 Å². The van der Waals surface area contributed by atoms with Gasteiger partial charge in [-0.05, 0) is 57.0 Å². The molecule has 3 heteroatoms. The third-order valence-electron chi connectivity index (χ3n) is 5.73. The summed E-state index contributed by atoms with van der Waals surface area (Å²) in [5, 5.41) is 0. The summed E-state index contributed by atoms with van der Waals surface area (Å²) in [5.41, 5.74) is 7.78. The van der Waals surface area contributed by atoms with Gasteiger partial charge in [-0.25, -0.2) is 0 Å². The van der Waals surface area contributed by atoms with Crippen LogP contribution in [0.1, 0.15) is 37.5 Å². The van der Waals surface area contributed by atoms with E-state index in [4.69, 9.17) is 11.6 Å². The van der Waals surface area contributed by atoms with Crippen LogP contribution in [0.5, 0.6) is 0 Å². The van der Waals surface area contributed by atoms with Gasteiger partial charge in [0.2, 0.25) is 5.69 Å². The van der Waals surface area contributed by atoms with Crippen LogP contribution in [-0.2, 0) is 5.41 Å². The molecule has 0 aromatic heterocycles. The van der Waals surface area contributed by atoms with Crippen molar-refractivity contribution >= 4 is 34.8 Å². The van der Waals surface area contributed by atoms with Gasteiger partial charge in [0.15, 0.2) is 5.71 Å². The molecule has 0 saturated carbocycles. The lowest BCUT2D eigenvalue weighted by Gasteiger charge is -2.22. The minimum absolute atomic E-state index is 0.00142. The van der Waals surface area contributed by atoms with Crippen LogP contribution in [0.4, 0.5) is 11.4 Å². The van der Waals surface area contributed by atoms with Crippen LogP contribution in [0.25, 0.3) is 6.08 Å². The van der Waals surface area contributed by atoms with Gasteiger partial charge in [0, 0.05) is 42.4 Å². The van der Waals surface area contributed by atoms with Gasteiger partial charge in [0.25, 0.3) is 0 Å². The van der Waals surface area contributed by atoms with Crippen LogP contribution < -0.4 is 4.90 Å². The molecule has 27 heavy (non-hydrogen) atoms. The maximum Gasteiger partial charge on any atom is 0.209 e. The molecule has 0 atom stereocenters. The summed E-state index contributed by atoms with van der Waals surface area (Å²) in [7, 11) is 2.16. The lowest BCUT2D eigenvalue weighted by molar-refractivity contribution is -0.401. The van der Waals surface area contributed by atoms with E-state index in [1.165, 1.54) is 33.8 Å². The summed E-state index contributed by atoms with van der Waals surface area (Å²) in [5.74, 6) is 0.641. The first kappa shape index (κ1) is 19.7. The molecule has 3 rings (SSSR count). The average molecular weight is 382 g/mol. The molecular weight excluding hydrogens is 352 g/mol. The number of nitrogens with zero attached hydrogens (tertiary/aromatic N) is 2. The van der Waals surface area contributed by atoms with E-state index in [1.54, 1.807) is 0 Å². The van der Waals surface area contributed by atoms with Gasteiger partial charge in [0.05, 0.1) is 5.41 Å². The van der Waals surface area contributed by atoms with E-state index in [0.29, 0.717) is 5.88 Å². The lowest BCUT2D eigenvalue weighted by Crippen LogP contribution is -2.26. The maximum atomic E-state index is 5.97. The van der Waals surface area contributed by atoms with Gasteiger partial charge in [-0.15, -0.1) is 11.6 Å². The summed E-state index contributed by atoms with van der Waals surface area (Å²) in [6.45, 7) is 10.8. The number of para-hydroxylation sites is 1. The van der Waals surface area contributed by atoms with Crippen molar-refractivity contribution < 1.29 is 4.58 Å². The SMILES string of the molecule is CCN(CCCl)c1ccc(C)c(/C=C/C2=[N+](C)c3ccccc3C2(C)C)c1. The molecule has 142 valence electrons. The number of halogens is 1. The second kappa shape index (κ2) is 7.90. The lowest BCUT2D eigenvalue weighted by atomic mass is 9.81. The van der Waals surface area contributed by atoms with Crippen LogP contribution in [0.2, 0.25) is 0 Å². The molecule has 2 nitrogen and oxygen atoms in total. The van der Waals surface area contributed by atoms with E-state index in [-0.39, 0.29) is 5.41 Å². The van der Waals surface area contributed by atoms with E-state index >= 15 is 0 Å². The zero-order valence-electron chi connectivity index (χ0n) is 17.1. The summed E-state index contributed by atoms with van der Waals surface area (Å²) < 4.78 is 2.32. The molecule has 2 aromatic carbocycles. The number of rotatable bonds is 6. The van der Waals surface area contributed by atoms with Crippen molar-refractivity contribution in [3.05, 3.63) is 65.2 Å². The molecule has 1 heterocycles. The summed E-state index contributed by atoms with van der Waals surface area (Å²) in [4.78, 5) is 2.32. The highest BCUT2D eigenvalue weighted by molar-refractivity contribution is 6.18. The Morgan fingerprint density at radius 2 is 1.85 bits per heavy atom. The average Bonchev–Trinajstić information content (AvgIpc) is 2.86. The summed E-state index contributed by atoms with van der Waals surface area (Å²) >= 11 is 5.97. The van der Waals surface area contributed by atoms with Crippen LogP contribution >= 0.6 is 11.6 Å². The fourth-order valence-corrected chi connectivity index (χ4v) is 4.25. The third-order valence-corrected chi connectivity index (χ3v) is 5.89. The zero-order chi connectivity index (χ0) is 19.6.